The number of hydrogen-bond donors (Lipinski definition) is 1. The van der Waals surface area contributed by atoms with Gasteiger partial charge >= 0.3 is 0 Å². The van der Waals surface area contributed by atoms with Gasteiger partial charge in [0.2, 0.25) is 0 Å². The normalized spacial score (nSPS) is 19.4. The summed E-state index contributed by atoms with van der Waals surface area (Å²) in [6, 6.07) is 3.46. The first kappa shape index (κ1) is 13.1. The molecular formula is C12H13N3O4S. The lowest BCUT2D eigenvalue weighted by Gasteiger charge is -2.37. The van der Waals surface area contributed by atoms with Crippen molar-refractivity contribution < 1.29 is 17.9 Å². The van der Waals surface area contributed by atoms with Crippen LogP contribution in [0.5, 0.6) is 0 Å². The molecule has 1 amide bonds. The molecule has 0 aliphatic carbocycles. The molecule has 7 nitrogen and oxygen atoms in total. The maximum Gasteiger partial charge on any atom is 0.258 e. The number of anilines is 1. The van der Waals surface area contributed by atoms with Crippen LogP contribution in [0.15, 0.2) is 30.7 Å². The Morgan fingerprint density at radius 2 is 2.20 bits per heavy atom. The molecule has 106 valence electrons. The average Bonchev–Trinajstić information content (AvgIpc) is 2.82. The summed E-state index contributed by atoms with van der Waals surface area (Å²) in [7, 11) is -1.82. The van der Waals surface area contributed by atoms with Crippen molar-refractivity contribution in [2.24, 2.45) is 0 Å². The molecule has 0 aromatic carbocycles. The Kier molecular flexibility index (Phi) is 2.80. The van der Waals surface area contributed by atoms with Crippen molar-refractivity contribution in [3.8, 4) is 0 Å². The van der Waals surface area contributed by atoms with Crippen LogP contribution in [0, 0.1) is 0 Å². The van der Waals surface area contributed by atoms with Gasteiger partial charge in [0, 0.05) is 25.7 Å². The van der Waals surface area contributed by atoms with Crippen molar-refractivity contribution in [2.75, 3.05) is 23.9 Å². The van der Waals surface area contributed by atoms with E-state index in [-0.39, 0.29) is 11.5 Å². The molecule has 3 rings (SSSR count). The number of hydrogen-bond acceptors (Lipinski definition) is 5. The van der Waals surface area contributed by atoms with Crippen LogP contribution in [0.1, 0.15) is 0 Å². The highest BCUT2D eigenvalue weighted by Gasteiger charge is 2.55. The second-order valence-electron chi connectivity index (χ2n) is 4.80. The number of methoxy groups -OCH3 is 1. The van der Waals surface area contributed by atoms with Crippen molar-refractivity contribution in [1.82, 2.24) is 9.38 Å². The topological polar surface area (TPSA) is 89.8 Å². The SMILES string of the molecule is COC1(C(=O)Nc2ccc3nccn3c2)CS(=O)(=O)C1. The van der Waals surface area contributed by atoms with Crippen LogP contribution in [-0.4, -0.2) is 47.9 Å². The number of pyridine rings is 1. The molecule has 2 aromatic rings. The average molecular weight is 295 g/mol. The number of nitrogens with one attached hydrogen (secondary N) is 1. The van der Waals surface area contributed by atoms with Crippen LogP contribution in [0.3, 0.4) is 0 Å². The number of carbonyl (C=O) groups excluding carboxylic acids is 1. The Balaban J connectivity index is 1.81. The van der Waals surface area contributed by atoms with Gasteiger partial charge in [-0.15, -0.1) is 0 Å². The van der Waals surface area contributed by atoms with E-state index < -0.39 is 21.3 Å². The van der Waals surface area contributed by atoms with E-state index in [1.165, 1.54) is 7.11 Å². The molecule has 20 heavy (non-hydrogen) atoms. The summed E-state index contributed by atoms with van der Waals surface area (Å²) in [5, 5.41) is 2.68. The molecule has 0 bridgehead atoms. The van der Waals surface area contributed by atoms with Crippen molar-refractivity contribution in [3.63, 3.8) is 0 Å². The predicted molar refractivity (Wildman–Crippen MR) is 72.2 cm³/mol. The minimum Gasteiger partial charge on any atom is -0.366 e. The van der Waals surface area contributed by atoms with E-state index in [9.17, 15) is 13.2 Å². The molecule has 1 fully saturated rings. The number of fused-ring (bicyclic) bond motifs is 1. The highest BCUT2D eigenvalue weighted by molar-refractivity contribution is 7.93. The molecule has 1 aliphatic heterocycles. The van der Waals surface area contributed by atoms with E-state index in [0.29, 0.717) is 5.69 Å². The van der Waals surface area contributed by atoms with E-state index in [1.807, 2.05) is 0 Å². The monoisotopic (exact) mass is 295 g/mol. The first-order chi connectivity index (χ1) is 9.44. The van der Waals surface area contributed by atoms with Gasteiger partial charge in [-0.3, -0.25) is 4.79 Å². The summed E-state index contributed by atoms with van der Waals surface area (Å²) in [4.78, 5) is 16.3. The van der Waals surface area contributed by atoms with Gasteiger partial charge in [-0.2, -0.15) is 0 Å². The summed E-state index contributed by atoms with van der Waals surface area (Å²) in [6.07, 6.45) is 5.11. The van der Waals surface area contributed by atoms with E-state index in [2.05, 4.69) is 10.3 Å². The van der Waals surface area contributed by atoms with Crippen LogP contribution in [-0.2, 0) is 19.4 Å². The fourth-order valence-electron chi connectivity index (χ4n) is 2.25. The summed E-state index contributed by atoms with van der Waals surface area (Å²) in [6.45, 7) is 0. The number of ether oxygens (including phenoxy) is 1. The molecule has 1 aliphatic rings. The number of rotatable bonds is 3. The maximum absolute atomic E-state index is 12.2. The Morgan fingerprint density at radius 3 is 2.85 bits per heavy atom. The highest BCUT2D eigenvalue weighted by atomic mass is 32.2. The number of amides is 1. The minimum atomic E-state index is -3.17. The maximum atomic E-state index is 12.2. The van der Waals surface area contributed by atoms with Crippen molar-refractivity contribution in [1.29, 1.82) is 0 Å². The van der Waals surface area contributed by atoms with E-state index in [1.54, 1.807) is 35.1 Å². The van der Waals surface area contributed by atoms with E-state index in [0.717, 1.165) is 5.65 Å². The summed E-state index contributed by atoms with van der Waals surface area (Å²) < 4.78 is 29.4. The largest absolute Gasteiger partial charge is 0.366 e. The third-order valence-electron chi connectivity index (χ3n) is 3.36. The number of sulfone groups is 1. The van der Waals surface area contributed by atoms with E-state index >= 15 is 0 Å². The molecule has 0 unspecified atom stereocenters. The van der Waals surface area contributed by atoms with Crippen LogP contribution in [0.25, 0.3) is 5.65 Å². The molecule has 1 N–H and O–H groups in total. The van der Waals surface area contributed by atoms with Crippen molar-refractivity contribution >= 4 is 27.1 Å². The third-order valence-corrected chi connectivity index (χ3v) is 5.17. The van der Waals surface area contributed by atoms with Gasteiger partial charge in [0.15, 0.2) is 15.4 Å². The summed E-state index contributed by atoms with van der Waals surface area (Å²) in [5.41, 5.74) is 0.0415. The first-order valence-electron chi connectivity index (χ1n) is 5.94. The number of imidazole rings is 1. The van der Waals surface area contributed by atoms with Crippen LogP contribution < -0.4 is 5.32 Å². The lowest BCUT2D eigenvalue weighted by atomic mass is 10.1. The third kappa shape index (κ3) is 2.06. The number of aromatic nitrogens is 2. The van der Waals surface area contributed by atoms with Crippen LogP contribution >= 0.6 is 0 Å². The Bertz CT molecular complexity index is 769. The standard InChI is InChI=1S/C12H13N3O4S/c1-19-12(7-20(17,18)8-12)11(16)14-9-2-3-10-13-4-5-15(10)6-9/h2-6H,7-8H2,1H3,(H,14,16). The number of nitrogens with zero attached hydrogens (tertiary/aromatic N) is 2. The highest BCUT2D eigenvalue weighted by Crippen LogP contribution is 2.28. The number of carbonyl (C=O) groups is 1. The van der Waals surface area contributed by atoms with Crippen LogP contribution in [0.4, 0.5) is 5.69 Å². The zero-order valence-corrected chi connectivity index (χ0v) is 11.6. The zero-order valence-electron chi connectivity index (χ0n) is 10.7. The zero-order chi connectivity index (χ0) is 14.4. The molecule has 8 heteroatoms. The lowest BCUT2D eigenvalue weighted by molar-refractivity contribution is -0.134. The fourth-order valence-corrected chi connectivity index (χ4v) is 4.08. The fraction of sp³-hybridized carbons (Fsp3) is 0.333. The Hall–Kier alpha value is -1.93. The smallest absolute Gasteiger partial charge is 0.258 e. The van der Waals surface area contributed by atoms with Gasteiger partial charge in [0.1, 0.15) is 5.65 Å². The molecule has 0 saturated carbocycles. The second-order valence-corrected chi connectivity index (χ2v) is 6.86. The van der Waals surface area contributed by atoms with Crippen LogP contribution in [0.2, 0.25) is 0 Å². The van der Waals surface area contributed by atoms with Gasteiger partial charge in [-0.25, -0.2) is 13.4 Å². The van der Waals surface area contributed by atoms with Gasteiger partial charge in [-0.1, -0.05) is 0 Å². The van der Waals surface area contributed by atoms with Gasteiger partial charge in [0.05, 0.1) is 17.2 Å². The predicted octanol–water partition coefficient (Wildman–Crippen LogP) is 0.0864. The van der Waals surface area contributed by atoms with Gasteiger partial charge < -0.3 is 14.5 Å². The lowest BCUT2D eigenvalue weighted by Crippen LogP contribution is -2.63. The minimum absolute atomic E-state index is 0.282. The van der Waals surface area contributed by atoms with Crippen molar-refractivity contribution in [3.05, 3.63) is 30.7 Å². The van der Waals surface area contributed by atoms with Crippen molar-refractivity contribution in [2.45, 2.75) is 5.60 Å². The molecule has 3 heterocycles. The summed E-state index contributed by atoms with van der Waals surface area (Å²) in [5.74, 6) is -1.01. The first-order valence-corrected chi connectivity index (χ1v) is 7.76. The second kappa shape index (κ2) is 4.29. The van der Waals surface area contributed by atoms with E-state index in [4.69, 9.17) is 4.74 Å². The molecule has 0 spiro atoms. The Morgan fingerprint density at radius 1 is 1.45 bits per heavy atom. The molecule has 2 aromatic heterocycles. The molecule has 0 radical (unpaired) electrons. The van der Waals surface area contributed by atoms with Gasteiger partial charge in [0.25, 0.3) is 5.91 Å². The molecular weight excluding hydrogens is 282 g/mol. The quantitative estimate of drug-likeness (QED) is 0.866. The summed E-state index contributed by atoms with van der Waals surface area (Å²) >= 11 is 0. The molecule has 0 atom stereocenters. The Labute approximate surface area is 115 Å². The molecule has 1 saturated heterocycles. The van der Waals surface area contributed by atoms with Gasteiger partial charge in [-0.05, 0) is 12.1 Å².